The molecule has 0 unspecified atom stereocenters. The number of allylic oxidation sites excluding steroid dienone is 1. The van der Waals surface area contributed by atoms with Gasteiger partial charge in [0, 0.05) is 13.3 Å². The molecule has 29 heavy (non-hydrogen) atoms. The molecule has 0 aliphatic rings. The summed E-state index contributed by atoms with van der Waals surface area (Å²) in [5, 5.41) is 8.90. The molecule has 0 fully saturated rings. The van der Waals surface area contributed by atoms with E-state index in [-0.39, 0.29) is 18.6 Å². The van der Waals surface area contributed by atoms with E-state index in [0.717, 1.165) is 30.6 Å². The highest BCUT2D eigenvalue weighted by Crippen LogP contribution is 2.20. The minimum atomic E-state index is -0.908. The quantitative estimate of drug-likeness (QED) is 0.417. The molecule has 154 valence electrons. The van der Waals surface area contributed by atoms with Crippen LogP contribution in [-0.2, 0) is 11.2 Å². The predicted molar refractivity (Wildman–Crippen MR) is 112 cm³/mol. The van der Waals surface area contributed by atoms with Gasteiger partial charge in [-0.25, -0.2) is 4.98 Å². The lowest BCUT2D eigenvalue weighted by Gasteiger charge is -2.11. The SMILES string of the molecule is COc1ccc(C=CCCCCOc2ccc(C(C)=O)nc2CCC(=O)O)cc1. The minimum Gasteiger partial charge on any atom is -0.497 e. The number of unbranched alkanes of at least 4 members (excludes halogenated alkanes) is 2. The number of methoxy groups -OCH3 is 1. The Balaban J connectivity index is 1.79. The predicted octanol–water partition coefficient (Wildman–Crippen LogP) is 4.57. The molecule has 0 bridgehead atoms. The highest BCUT2D eigenvalue weighted by atomic mass is 16.5. The Labute approximate surface area is 171 Å². The number of nitrogens with zero attached hydrogens (tertiary/aromatic N) is 1. The van der Waals surface area contributed by atoms with E-state index < -0.39 is 5.97 Å². The fourth-order valence-electron chi connectivity index (χ4n) is 2.70. The molecule has 1 aromatic heterocycles. The smallest absolute Gasteiger partial charge is 0.303 e. The van der Waals surface area contributed by atoms with Crippen LogP contribution < -0.4 is 9.47 Å². The molecule has 0 atom stereocenters. The average molecular weight is 397 g/mol. The molecule has 0 amide bonds. The van der Waals surface area contributed by atoms with Crippen molar-refractivity contribution in [3.05, 3.63) is 59.4 Å². The summed E-state index contributed by atoms with van der Waals surface area (Å²) in [4.78, 5) is 26.6. The van der Waals surface area contributed by atoms with E-state index in [1.165, 1.54) is 6.92 Å². The summed E-state index contributed by atoms with van der Waals surface area (Å²) >= 11 is 0. The van der Waals surface area contributed by atoms with Gasteiger partial charge in [-0.05, 0) is 49.1 Å². The van der Waals surface area contributed by atoms with Gasteiger partial charge in [0.1, 0.15) is 17.2 Å². The molecule has 0 spiro atoms. The van der Waals surface area contributed by atoms with Crippen LogP contribution in [-0.4, -0.2) is 35.6 Å². The van der Waals surface area contributed by atoms with Crippen molar-refractivity contribution in [3.63, 3.8) is 0 Å². The third-order valence-electron chi connectivity index (χ3n) is 4.32. The number of rotatable bonds is 12. The number of aliphatic carboxylic acids is 1. The first-order valence-electron chi connectivity index (χ1n) is 9.65. The van der Waals surface area contributed by atoms with Gasteiger partial charge in [0.2, 0.25) is 0 Å². The first kappa shape index (κ1) is 22.1. The van der Waals surface area contributed by atoms with Crippen LogP contribution in [0.25, 0.3) is 6.08 Å². The maximum atomic E-state index is 11.5. The molecule has 0 radical (unpaired) electrons. The Morgan fingerprint density at radius 1 is 1.10 bits per heavy atom. The normalized spacial score (nSPS) is 10.8. The van der Waals surface area contributed by atoms with Gasteiger partial charge in [0.25, 0.3) is 0 Å². The number of ketones is 1. The van der Waals surface area contributed by atoms with Gasteiger partial charge in [0.05, 0.1) is 25.8 Å². The van der Waals surface area contributed by atoms with Gasteiger partial charge in [-0.15, -0.1) is 0 Å². The highest BCUT2D eigenvalue weighted by Gasteiger charge is 2.11. The number of benzene rings is 1. The van der Waals surface area contributed by atoms with E-state index in [9.17, 15) is 9.59 Å². The fraction of sp³-hybridized carbons (Fsp3) is 0.348. The Bertz CT molecular complexity index is 843. The topological polar surface area (TPSA) is 85.7 Å². The number of aryl methyl sites for hydroxylation is 1. The molecule has 0 aliphatic heterocycles. The first-order valence-corrected chi connectivity index (χ1v) is 9.65. The van der Waals surface area contributed by atoms with Gasteiger partial charge in [0.15, 0.2) is 5.78 Å². The van der Waals surface area contributed by atoms with Gasteiger partial charge >= 0.3 is 5.97 Å². The van der Waals surface area contributed by atoms with Crippen LogP contribution in [0.4, 0.5) is 0 Å². The van der Waals surface area contributed by atoms with Crippen LogP contribution in [0.5, 0.6) is 11.5 Å². The lowest BCUT2D eigenvalue weighted by Crippen LogP contribution is -2.07. The molecular formula is C23H27NO5. The summed E-state index contributed by atoms with van der Waals surface area (Å²) in [5.74, 6) is 0.323. The zero-order valence-corrected chi connectivity index (χ0v) is 16.9. The lowest BCUT2D eigenvalue weighted by molar-refractivity contribution is -0.136. The van der Waals surface area contributed by atoms with E-state index in [1.807, 2.05) is 24.3 Å². The summed E-state index contributed by atoms with van der Waals surface area (Å²) in [6.45, 7) is 1.95. The molecule has 1 aromatic carbocycles. The van der Waals surface area contributed by atoms with Crippen LogP contribution in [0.3, 0.4) is 0 Å². The van der Waals surface area contributed by atoms with Crippen LogP contribution >= 0.6 is 0 Å². The van der Waals surface area contributed by atoms with Crippen LogP contribution in [0.1, 0.15) is 54.4 Å². The summed E-state index contributed by atoms with van der Waals surface area (Å²) in [7, 11) is 1.65. The maximum Gasteiger partial charge on any atom is 0.303 e. The summed E-state index contributed by atoms with van der Waals surface area (Å²) < 4.78 is 10.9. The largest absolute Gasteiger partial charge is 0.497 e. The average Bonchev–Trinajstić information content (AvgIpc) is 2.72. The maximum absolute atomic E-state index is 11.5. The van der Waals surface area contributed by atoms with E-state index in [2.05, 4.69) is 17.1 Å². The fourth-order valence-corrected chi connectivity index (χ4v) is 2.70. The number of carbonyl (C=O) groups is 2. The third-order valence-corrected chi connectivity index (χ3v) is 4.32. The number of Topliss-reactive ketones (excluding diaryl/α,β-unsaturated/α-hetero) is 1. The molecular weight excluding hydrogens is 370 g/mol. The number of carboxylic acids is 1. The summed E-state index contributed by atoms with van der Waals surface area (Å²) in [6.07, 6.45) is 7.15. The molecule has 2 rings (SSSR count). The lowest BCUT2D eigenvalue weighted by atomic mass is 10.1. The van der Waals surface area contributed by atoms with Crippen molar-refractivity contribution in [1.29, 1.82) is 0 Å². The molecule has 0 aliphatic carbocycles. The summed E-state index contributed by atoms with van der Waals surface area (Å²) in [5.41, 5.74) is 1.96. The summed E-state index contributed by atoms with van der Waals surface area (Å²) in [6, 6.07) is 11.2. The number of hydrogen-bond acceptors (Lipinski definition) is 5. The van der Waals surface area contributed by atoms with Crippen LogP contribution in [0, 0.1) is 0 Å². The second kappa shape index (κ2) is 11.6. The molecule has 6 heteroatoms. The molecule has 2 aromatic rings. The van der Waals surface area contributed by atoms with E-state index in [1.54, 1.807) is 19.2 Å². The van der Waals surface area contributed by atoms with Crippen molar-refractivity contribution >= 4 is 17.8 Å². The van der Waals surface area contributed by atoms with Gasteiger partial charge in [-0.1, -0.05) is 24.3 Å². The zero-order chi connectivity index (χ0) is 21.1. The molecule has 0 saturated carbocycles. The van der Waals surface area contributed by atoms with E-state index in [0.29, 0.717) is 23.7 Å². The third kappa shape index (κ3) is 7.78. The van der Waals surface area contributed by atoms with Gasteiger partial charge in [-0.2, -0.15) is 0 Å². The number of aromatic nitrogens is 1. The zero-order valence-electron chi connectivity index (χ0n) is 16.9. The molecule has 0 saturated heterocycles. The van der Waals surface area contributed by atoms with Crippen LogP contribution in [0.2, 0.25) is 0 Å². The Morgan fingerprint density at radius 2 is 1.86 bits per heavy atom. The van der Waals surface area contributed by atoms with E-state index >= 15 is 0 Å². The van der Waals surface area contributed by atoms with Crippen molar-refractivity contribution in [2.24, 2.45) is 0 Å². The second-order valence-corrected chi connectivity index (χ2v) is 6.61. The molecule has 1 N–H and O–H groups in total. The first-order chi connectivity index (χ1) is 14.0. The number of ether oxygens (including phenoxy) is 2. The second-order valence-electron chi connectivity index (χ2n) is 6.61. The monoisotopic (exact) mass is 397 g/mol. The van der Waals surface area contributed by atoms with Crippen molar-refractivity contribution in [3.8, 4) is 11.5 Å². The Hall–Kier alpha value is -3.15. The number of hydrogen-bond donors (Lipinski definition) is 1. The highest BCUT2D eigenvalue weighted by molar-refractivity contribution is 5.92. The standard InChI is InChI=1S/C23H27NO5/c1-17(25)20-12-14-22(21(24-20)13-15-23(26)27)29-16-6-4-3-5-7-18-8-10-19(28-2)11-9-18/h5,7-12,14H,3-4,6,13,15-16H2,1-2H3,(H,26,27). The molecule has 6 nitrogen and oxygen atoms in total. The van der Waals surface area contributed by atoms with Crippen molar-refractivity contribution in [2.75, 3.05) is 13.7 Å². The Morgan fingerprint density at radius 3 is 2.52 bits per heavy atom. The van der Waals surface area contributed by atoms with Crippen LogP contribution in [0.15, 0.2) is 42.5 Å². The minimum absolute atomic E-state index is 0.0547. The number of pyridine rings is 1. The van der Waals surface area contributed by atoms with Crippen molar-refractivity contribution in [1.82, 2.24) is 4.98 Å². The van der Waals surface area contributed by atoms with Gasteiger partial charge < -0.3 is 14.6 Å². The number of carboxylic acid groups (broad SMARTS) is 1. The van der Waals surface area contributed by atoms with Gasteiger partial charge in [-0.3, -0.25) is 9.59 Å². The van der Waals surface area contributed by atoms with Crippen molar-refractivity contribution < 1.29 is 24.2 Å². The molecule has 1 heterocycles. The van der Waals surface area contributed by atoms with Crippen molar-refractivity contribution in [2.45, 2.75) is 39.0 Å². The Kier molecular flexibility index (Phi) is 8.89. The number of carbonyl (C=O) groups excluding carboxylic acids is 1. The van der Waals surface area contributed by atoms with E-state index in [4.69, 9.17) is 14.6 Å².